The zero-order valence-corrected chi connectivity index (χ0v) is 13.7. The first kappa shape index (κ1) is 17.0. The highest BCUT2D eigenvalue weighted by Gasteiger charge is 2.36. The van der Waals surface area contributed by atoms with Gasteiger partial charge in [-0.05, 0) is 43.7 Å². The molecule has 1 saturated carbocycles. The Morgan fingerprint density at radius 2 is 2.13 bits per heavy atom. The topological polar surface area (TPSA) is 82.0 Å². The van der Waals surface area contributed by atoms with Crippen LogP contribution in [-0.2, 0) is 4.79 Å². The second-order valence-corrected chi connectivity index (χ2v) is 6.44. The summed E-state index contributed by atoms with van der Waals surface area (Å²) in [5.41, 5.74) is 0.629. The number of carbonyl (C=O) groups is 2. The quantitative estimate of drug-likeness (QED) is 0.895. The molecule has 0 bridgehead atoms. The highest BCUT2D eigenvalue weighted by molar-refractivity contribution is 5.97. The van der Waals surface area contributed by atoms with Crippen molar-refractivity contribution in [3.63, 3.8) is 0 Å². The van der Waals surface area contributed by atoms with Crippen LogP contribution in [0.1, 0.15) is 48.5 Å². The van der Waals surface area contributed by atoms with Gasteiger partial charge in [0.25, 0.3) is 5.91 Å². The van der Waals surface area contributed by atoms with Gasteiger partial charge in [-0.2, -0.15) is 5.26 Å². The summed E-state index contributed by atoms with van der Waals surface area (Å²) in [6.07, 6.45) is 3.36. The normalized spacial score (nSPS) is 23.6. The van der Waals surface area contributed by atoms with Crippen LogP contribution in [0.5, 0.6) is 0 Å². The van der Waals surface area contributed by atoms with E-state index in [0.717, 1.165) is 18.4 Å². The van der Waals surface area contributed by atoms with Crippen LogP contribution < -0.4 is 10.6 Å². The van der Waals surface area contributed by atoms with Crippen molar-refractivity contribution in [3.05, 3.63) is 35.4 Å². The molecule has 23 heavy (non-hydrogen) atoms. The first-order valence-corrected chi connectivity index (χ1v) is 8.02. The summed E-state index contributed by atoms with van der Waals surface area (Å²) in [7, 11) is 0. The Balaban J connectivity index is 1.91. The number of nitrogens with zero attached hydrogens (tertiary/aromatic N) is 1. The van der Waals surface area contributed by atoms with Gasteiger partial charge in [-0.1, -0.05) is 31.5 Å². The maximum Gasteiger partial charge on any atom is 0.251 e. The lowest BCUT2D eigenvalue weighted by molar-refractivity contribution is -0.121. The van der Waals surface area contributed by atoms with E-state index in [1.165, 1.54) is 0 Å². The lowest BCUT2D eigenvalue weighted by atomic mass is 9.77. The van der Waals surface area contributed by atoms with E-state index in [-0.39, 0.29) is 18.4 Å². The van der Waals surface area contributed by atoms with Gasteiger partial charge < -0.3 is 10.6 Å². The molecule has 1 aromatic rings. The third-order valence-electron chi connectivity index (χ3n) is 4.39. The Kier molecular flexibility index (Phi) is 5.38. The van der Waals surface area contributed by atoms with Gasteiger partial charge >= 0.3 is 0 Å². The number of hydrogen-bond acceptors (Lipinski definition) is 3. The second-order valence-electron chi connectivity index (χ2n) is 6.44. The lowest BCUT2D eigenvalue weighted by Crippen LogP contribution is -2.52. The molecule has 1 fully saturated rings. The maximum absolute atomic E-state index is 12.1. The van der Waals surface area contributed by atoms with Crippen molar-refractivity contribution in [1.29, 1.82) is 5.26 Å². The molecule has 2 atom stereocenters. The minimum atomic E-state index is -0.790. The summed E-state index contributed by atoms with van der Waals surface area (Å²) in [6, 6.07) is 9.49. The zero-order valence-electron chi connectivity index (χ0n) is 13.7. The van der Waals surface area contributed by atoms with E-state index in [1.807, 2.05) is 19.1 Å². The predicted molar refractivity (Wildman–Crippen MR) is 87.6 cm³/mol. The predicted octanol–water partition coefficient (Wildman–Crippen LogP) is 2.31. The number of nitriles is 1. The summed E-state index contributed by atoms with van der Waals surface area (Å²) in [6.45, 7) is 3.82. The van der Waals surface area contributed by atoms with Crippen molar-refractivity contribution in [2.45, 2.75) is 45.1 Å². The molecule has 0 aliphatic heterocycles. The standard InChI is InChI=1S/C18H23N3O2/c1-13-6-5-9-18(10-13,12-19)21-16(22)11-20-17(23)15-8-4-3-7-14(15)2/h3-4,7-8,13H,5-6,9-11H2,1-2H3,(H,20,23)(H,21,22). The molecule has 2 N–H and O–H groups in total. The maximum atomic E-state index is 12.1. The molecule has 5 heteroatoms. The summed E-state index contributed by atoms with van der Waals surface area (Å²) in [4.78, 5) is 24.2. The number of hydrogen-bond donors (Lipinski definition) is 2. The van der Waals surface area contributed by atoms with Gasteiger partial charge in [0.05, 0.1) is 12.6 Å². The molecule has 1 aliphatic carbocycles. The molecular weight excluding hydrogens is 290 g/mol. The van der Waals surface area contributed by atoms with Gasteiger partial charge in [0, 0.05) is 5.56 Å². The summed E-state index contributed by atoms with van der Waals surface area (Å²) in [5.74, 6) is -0.172. The van der Waals surface area contributed by atoms with E-state index in [1.54, 1.807) is 12.1 Å². The van der Waals surface area contributed by atoms with Gasteiger partial charge in [-0.3, -0.25) is 9.59 Å². The van der Waals surface area contributed by atoms with Gasteiger partial charge in [-0.15, -0.1) is 0 Å². The lowest BCUT2D eigenvalue weighted by Gasteiger charge is -2.35. The highest BCUT2D eigenvalue weighted by Crippen LogP contribution is 2.31. The summed E-state index contributed by atoms with van der Waals surface area (Å²) < 4.78 is 0. The number of amides is 2. The molecule has 2 amide bonds. The number of aryl methyl sites for hydroxylation is 1. The molecule has 1 aliphatic rings. The second kappa shape index (κ2) is 7.28. The van der Waals surface area contributed by atoms with Crippen molar-refractivity contribution >= 4 is 11.8 Å². The van der Waals surface area contributed by atoms with Crippen molar-refractivity contribution in [2.24, 2.45) is 5.92 Å². The Morgan fingerprint density at radius 3 is 2.78 bits per heavy atom. The third kappa shape index (κ3) is 4.32. The van der Waals surface area contributed by atoms with Crippen LogP contribution in [0.15, 0.2) is 24.3 Å². The first-order chi connectivity index (χ1) is 11.0. The molecule has 2 unspecified atom stereocenters. The van der Waals surface area contributed by atoms with Crippen LogP contribution >= 0.6 is 0 Å². The van der Waals surface area contributed by atoms with Crippen LogP contribution in [0, 0.1) is 24.2 Å². The molecule has 0 saturated heterocycles. The Morgan fingerprint density at radius 1 is 1.39 bits per heavy atom. The van der Waals surface area contributed by atoms with E-state index in [0.29, 0.717) is 24.3 Å². The average Bonchev–Trinajstić information content (AvgIpc) is 2.53. The van der Waals surface area contributed by atoms with Crippen molar-refractivity contribution in [2.75, 3.05) is 6.54 Å². The Labute approximate surface area is 137 Å². The Bertz CT molecular complexity index is 635. The van der Waals surface area contributed by atoms with Gasteiger partial charge in [0.1, 0.15) is 5.54 Å². The van der Waals surface area contributed by atoms with E-state index in [2.05, 4.69) is 23.6 Å². The van der Waals surface area contributed by atoms with Crippen LogP contribution in [0.4, 0.5) is 0 Å². The van der Waals surface area contributed by atoms with Crippen LogP contribution in [0.25, 0.3) is 0 Å². The van der Waals surface area contributed by atoms with Gasteiger partial charge in [-0.25, -0.2) is 0 Å². The minimum absolute atomic E-state index is 0.120. The number of nitrogens with one attached hydrogen (secondary N) is 2. The van der Waals surface area contributed by atoms with Crippen molar-refractivity contribution < 1.29 is 9.59 Å². The molecule has 0 spiro atoms. The zero-order chi connectivity index (χ0) is 16.9. The smallest absolute Gasteiger partial charge is 0.251 e. The molecule has 0 heterocycles. The number of benzene rings is 1. The van der Waals surface area contributed by atoms with Crippen LogP contribution in [-0.4, -0.2) is 23.9 Å². The fourth-order valence-corrected chi connectivity index (χ4v) is 3.19. The van der Waals surface area contributed by atoms with Crippen molar-refractivity contribution in [3.8, 4) is 6.07 Å². The average molecular weight is 313 g/mol. The van der Waals surface area contributed by atoms with Gasteiger partial charge in [0.15, 0.2) is 0 Å². The molecule has 2 rings (SSSR count). The van der Waals surface area contributed by atoms with E-state index >= 15 is 0 Å². The fraction of sp³-hybridized carbons (Fsp3) is 0.500. The van der Waals surface area contributed by atoms with E-state index in [9.17, 15) is 14.9 Å². The molecule has 5 nitrogen and oxygen atoms in total. The fourth-order valence-electron chi connectivity index (χ4n) is 3.19. The Hall–Kier alpha value is -2.35. The van der Waals surface area contributed by atoms with Crippen molar-refractivity contribution in [1.82, 2.24) is 10.6 Å². The van der Waals surface area contributed by atoms with Crippen LogP contribution in [0.2, 0.25) is 0 Å². The highest BCUT2D eigenvalue weighted by atomic mass is 16.2. The first-order valence-electron chi connectivity index (χ1n) is 8.02. The molecule has 0 aromatic heterocycles. The number of rotatable bonds is 4. The molecule has 0 radical (unpaired) electrons. The number of carbonyl (C=O) groups excluding carboxylic acids is 2. The molecule has 122 valence electrons. The minimum Gasteiger partial charge on any atom is -0.343 e. The largest absolute Gasteiger partial charge is 0.343 e. The summed E-state index contributed by atoms with van der Waals surface area (Å²) >= 11 is 0. The monoisotopic (exact) mass is 313 g/mol. The molecular formula is C18H23N3O2. The van der Waals surface area contributed by atoms with Crippen LogP contribution in [0.3, 0.4) is 0 Å². The summed E-state index contributed by atoms with van der Waals surface area (Å²) in [5, 5.41) is 14.9. The van der Waals surface area contributed by atoms with E-state index < -0.39 is 5.54 Å². The third-order valence-corrected chi connectivity index (χ3v) is 4.39. The van der Waals surface area contributed by atoms with E-state index in [4.69, 9.17) is 0 Å². The van der Waals surface area contributed by atoms with Gasteiger partial charge in [0.2, 0.25) is 5.91 Å². The molecule has 1 aromatic carbocycles. The SMILES string of the molecule is Cc1ccccc1C(=O)NCC(=O)NC1(C#N)CCCC(C)C1.